The lowest BCUT2D eigenvalue weighted by Crippen LogP contribution is -1.97. The Morgan fingerprint density at radius 3 is 2.47 bits per heavy atom. The Labute approximate surface area is 97.9 Å². The van der Waals surface area contributed by atoms with Crippen LogP contribution in [0.3, 0.4) is 0 Å². The fraction of sp³-hybridized carbons (Fsp3) is 0.273. The molecule has 0 N–H and O–H groups in total. The second kappa shape index (κ2) is 5.20. The van der Waals surface area contributed by atoms with Gasteiger partial charge in [-0.2, -0.15) is 0 Å². The molecule has 0 aliphatic heterocycles. The SMILES string of the molecule is CC/C(=C\c1ccc(C)c([N+](=O)[O-])c1)[N+](=O)[O-]. The average molecular weight is 236 g/mol. The molecule has 0 aromatic heterocycles. The number of nitrogens with zero attached hydrogens (tertiary/aromatic N) is 2. The number of aryl methyl sites for hydroxylation is 1. The summed E-state index contributed by atoms with van der Waals surface area (Å²) in [6, 6.07) is 4.55. The van der Waals surface area contributed by atoms with Gasteiger partial charge in [0.15, 0.2) is 0 Å². The summed E-state index contributed by atoms with van der Waals surface area (Å²) in [5, 5.41) is 21.3. The van der Waals surface area contributed by atoms with Crippen molar-refractivity contribution in [3.05, 3.63) is 55.3 Å². The highest BCUT2D eigenvalue weighted by Gasteiger charge is 2.12. The van der Waals surface area contributed by atoms with Gasteiger partial charge in [-0.3, -0.25) is 20.2 Å². The van der Waals surface area contributed by atoms with Crippen molar-refractivity contribution in [2.45, 2.75) is 20.3 Å². The summed E-state index contributed by atoms with van der Waals surface area (Å²) in [4.78, 5) is 20.4. The van der Waals surface area contributed by atoms with E-state index >= 15 is 0 Å². The molecule has 0 aliphatic carbocycles. The third kappa shape index (κ3) is 3.10. The summed E-state index contributed by atoms with van der Waals surface area (Å²) in [5.41, 5.74) is 1.00. The summed E-state index contributed by atoms with van der Waals surface area (Å²) in [7, 11) is 0. The zero-order chi connectivity index (χ0) is 13.0. The summed E-state index contributed by atoms with van der Waals surface area (Å²) < 4.78 is 0. The maximum absolute atomic E-state index is 10.7. The minimum absolute atomic E-state index is 0.0300. The molecule has 17 heavy (non-hydrogen) atoms. The molecular formula is C11H12N2O4. The van der Waals surface area contributed by atoms with E-state index < -0.39 is 9.85 Å². The van der Waals surface area contributed by atoms with Crippen LogP contribution in [0.5, 0.6) is 0 Å². The maximum atomic E-state index is 10.7. The van der Waals surface area contributed by atoms with Gasteiger partial charge in [-0.15, -0.1) is 0 Å². The summed E-state index contributed by atoms with van der Waals surface area (Å²) >= 11 is 0. The second-order valence-corrected chi connectivity index (χ2v) is 3.55. The Hall–Kier alpha value is -2.24. The average Bonchev–Trinajstić information content (AvgIpc) is 2.27. The second-order valence-electron chi connectivity index (χ2n) is 3.55. The molecule has 0 saturated carbocycles. The Bertz CT molecular complexity index is 494. The number of nitro groups is 2. The zero-order valence-corrected chi connectivity index (χ0v) is 9.54. The number of benzene rings is 1. The number of hydrogen-bond donors (Lipinski definition) is 0. The molecule has 6 nitrogen and oxygen atoms in total. The van der Waals surface area contributed by atoms with Crippen molar-refractivity contribution in [3.8, 4) is 0 Å². The standard InChI is InChI=1S/C11H12N2O4/c1-3-10(12(14)15)6-9-5-4-8(2)11(7-9)13(16)17/h4-7H,3H2,1-2H3/b10-6+. The van der Waals surface area contributed by atoms with E-state index in [1.165, 1.54) is 12.1 Å². The van der Waals surface area contributed by atoms with Crippen LogP contribution >= 0.6 is 0 Å². The van der Waals surface area contributed by atoms with E-state index in [1.54, 1.807) is 26.0 Å². The molecule has 0 aliphatic rings. The highest BCUT2D eigenvalue weighted by atomic mass is 16.6. The van der Waals surface area contributed by atoms with E-state index in [-0.39, 0.29) is 17.8 Å². The van der Waals surface area contributed by atoms with Crippen LogP contribution in [0.15, 0.2) is 23.9 Å². The smallest absolute Gasteiger partial charge is 0.259 e. The summed E-state index contributed by atoms with van der Waals surface area (Å²) in [6.45, 7) is 3.29. The Morgan fingerprint density at radius 2 is 2.00 bits per heavy atom. The van der Waals surface area contributed by atoms with E-state index in [4.69, 9.17) is 0 Å². The number of hydrogen-bond acceptors (Lipinski definition) is 4. The van der Waals surface area contributed by atoms with Gasteiger partial charge in [0.1, 0.15) is 0 Å². The normalized spacial score (nSPS) is 11.3. The molecule has 0 atom stereocenters. The molecule has 0 radical (unpaired) electrons. The van der Waals surface area contributed by atoms with Crippen molar-refractivity contribution < 1.29 is 9.85 Å². The van der Waals surface area contributed by atoms with Gasteiger partial charge in [0.2, 0.25) is 5.70 Å². The molecule has 1 rings (SSSR count). The fourth-order valence-electron chi connectivity index (χ4n) is 1.39. The lowest BCUT2D eigenvalue weighted by molar-refractivity contribution is -0.425. The molecule has 0 unspecified atom stereocenters. The van der Waals surface area contributed by atoms with Crippen molar-refractivity contribution in [2.75, 3.05) is 0 Å². The van der Waals surface area contributed by atoms with Gasteiger partial charge in [0.25, 0.3) is 5.69 Å². The van der Waals surface area contributed by atoms with Crippen molar-refractivity contribution >= 4 is 11.8 Å². The molecule has 0 saturated heterocycles. The molecule has 90 valence electrons. The monoisotopic (exact) mass is 236 g/mol. The number of rotatable bonds is 4. The largest absolute Gasteiger partial charge is 0.272 e. The van der Waals surface area contributed by atoms with Gasteiger partial charge in [-0.05, 0) is 12.5 Å². The van der Waals surface area contributed by atoms with E-state index in [1.807, 2.05) is 0 Å². The topological polar surface area (TPSA) is 86.3 Å². The van der Waals surface area contributed by atoms with Crippen molar-refractivity contribution in [3.63, 3.8) is 0 Å². The van der Waals surface area contributed by atoms with Crippen LogP contribution in [0.25, 0.3) is 6.08 Å². The molecule has 1 aromatic rings. The van der Waals surface area contributed by atoms with E-state index in [9.17, 15) is 20.2 Å². The highest BCUT2D eigenvalue weighted by molar-refractivity contribution is 5.57. The van der Waals surface area contributed by atoms with Crippen molar-refractivity contribution in [1.82, 2.24) is 0 Å². The summed E-state index contributed by atoms with van der Waals surface area (Å²) in [5.74, 6) is 0. The van der Waals surface area contributed by atoms with Gasteiger partial charge >= 0.3 is 0 Å². The lowest BCUT2D eigenvalue weighted by atomic mass is 10.1. The lowest BCUT2D eigenvalue weighted by Gasteiger charge is -1.99. The Kier molecular flexibility index (Phi) is 3.92. The molecule has 0 heterocycles. The minimum atomic E-state index is -0.496. The van der Waals surface area contributed by atoms with Crippen LogP contribution in [0.1, 0.15) is 24.5 Å². The molecular weight excluding hydrogens is 224 g/mol. The van der Waals surface area contributed by atoms with Gasteiger partial charge in [0, 0.05) is 24.1 Å². The van der Waals surface area contributed by atoms with Gasteiger partial charge in [0.05, 0.1) is 9.85 Å². The number of allylic oxidation sites excluding steroid dienone is 1. The van der Waals surface area contributed by atoms with E-state index in [2.05, 4.69) is 0 Å². The predicted octanol–water partition coefficient (Wildman–Crippen LogP) is 2.93. The number of nitro benzene ring substituents is 1. The quantitative estimate of drug-likeness (QED) is 0.594. The minimum Gasteiger partial charge on any atom is -0.259 e. The van der Waals surface area contributed by atoms with Crippen molar-refractivity contribution in [2.24, 2.45) is 0 Å². The van der Waals surface area contributed by atoms with Gasteiger partial charge in [-0.1, -0.05) is 19.1 Å². The van der Waals surface area contributed by atoms with Gasteiger partial charge < -0.3 is 0 Å². The molecule has 1 aromatic carbocycles. The first-order valence-corrected chi connectivity index (χ1v) is 5.05. The Balaban J connectivity index is 3.20. The van der Waals surface area contributed by atoms with E-state index in [0.29, 0.717) is 11.1 Å². The van der Waals surface area contributed by atoms with E-state index in [0.717, 1.165) is 0 Å². The first-order chi connectivity index (χ1) is 7.95. The van der Waals surface area contributed by atoms with Crippen LogP contribution in [0.4, 0.5) is 5.69 Å². The summed E-state index contributed by atoms with van der Waals surface area (Å²) in [6.07, 6.45) is 1.63. The Morgan fingerprint density at radius 1 is 1.35 bits per heavy atom. The van der Waals surface area contributed by atoms with Crippen LogP contribution in [0, 0.1) is 27.2 Å². The van der Waals surface area contributed by atoms with Gasteiger partial charge in [-0.25, -0.2) is 0 Å². The van der Waals surface area contributed by atoms with Crippen LogP contribution < -0.4 is 0 Å². The van der Waals surface area contributed by atoms with Crippen molar-refractivity contribution in [1.29, 1.82) is 0 Å². The molecule has 0 fully saturated rings. The molecule has 0 amide bonds. The third-order valence-electron chi connectivity index (χ3n) is 2.36. The fourth-order valence-corrected chi connectivity index (χ4v) is 1.39. The maximum Gasteiger partial charge on any atom is 0.272 e. The first-order valence-electron chi connectivity index (χ1n) is 5.05. The predicted molar refractivity (Wildman–Crippen MR) is 63.1 cm³/mol. The van der Waals surface area contributed by atoms with Crippen LogP contribution in [-0.2, 0) is 0 Å². The third-order valence-corrected chi connectivity index (χ3v) is 2.36. The first kappa shape index (κ1) is 12.8. The molecule has 6 heteroatoms. The molecule has 0 spiro atoms. The van der Waals surface area contributed by atoms with Crippen LogP contribution in [-0.4, -0.2) is 9.85 Å². The molecule has 0 bridgehead atoms. The van der Waals surface area contributed by atoms with Crippen LogP contribution in [0.2, 0.25) is 0 Å². The zero-order valence-electron chi connectivity index (χ0n) is 9.54. The highest BCUT2D eigenvalue weighted by Crippen LogP contribution is 2.21.